The van der Waals surface area contributed by atoms with Gasteiger partial charge in [0, 0.05) is 24.7 Å². The van der Waals surface area contributed by atoms with Gasteiger partial charge in [-0.05, 0) is 36.8 Å². The average molecular weight is 374 g/mol. The summed E-state index contributed by atoms with van der Waals surface area (Å²) in [6.45, 7) is 3.95. The standard InChI is InChI=1S/C19H22N2O4S/c1-15(16-5-3-2-4-6-16)20-26(23,24)18-9-7-17(8-10-18)19(22)21-11-13-25-14-12-21/h2-10,15,20H,11-14H2,1H3. The quantitative estimate of drug-likeness (QED) is 0.871. The summed E-state index contributed by atoms with van der Waals surface area (Å²) in [6.07, 6.45) is 0. The van der Waals surface area contributed by atoms with Crippen molar-refractivity contribution in [2.24, 2.45) is 0 Å². The van der Waals surface area contributed by atoms with E-state index < -0.39 is 10.0 Å². The molecule has 26 heavy (non-hydrogen) atoms. The van der Waals surface area contributed by atoms with E-state index in [0.717, 1.165) is 5.56 Å². The van der Waals surface area contributed by atoms with Crippen LogP contribution in [0.1, 0.15) is 28.9 Å². The lowest BCUT2D eigenvalue weighted by Crippen LogP contribution is -2.40. The maximum absolute atomic E-state index is 12.6. The van der Waals surface area contributed by atoms with E-state index in [1.807, 2.05) is 30.3 Å². The minimum absolute atomic E-state index is 0.108. The minimum atomic E-state index is -3.67. The fourth-order valence-electron chi connectivity index (χ4n) is 2.84. The van der Waals surface area contributed by atoms with Crippen molar-refractivity contribution in [3.05, 3.63) is 65.7 Å². The van der Waals surface area contributed by atoms with Crippen molar-refractivity contribution in [2.75, 3.05) is 26.3 Å². The molecule has 3 rings (SSSR count). The molecule has 1 aliphatic rings. The van der Waals surface area contributed by atoms with Crippen LogP contribution in [-0.4, -0.2) is 45.5 Å². The van der Waals surface area contributed by atoms with Gasteiger partial charge in [-0.15, -0.1) is 0 Å². The second-order valence-corrected chi connectivity index (χ2v) is 7.90. The molecular formula is C19H22N2O4S. The van der Waals surface area contributed by atoms with Crippen LogP contribution in [0.3, 0.4) is 0 Å². The summed E-state index contributed by atoms with van der Waals surface area (Å²) in [7, 11) is -3.67. The van der Waals surface area contributed by atoms with Crippen LogP contribution in [0, 0.1) is 0 Å². The van der Waals surface area contributed by atoms with Gasteiger partial charge in [0.25, 0.3) is 5.91 Å². The molecule has 138 valence electrons. The van der Waals surface area contributed by atoms with Crippen LogP contribution in [0.15, 0.2) is 59.5 Å². The molecule has 2 aromatic rings. The molecule has 0 aromatic heterocycles. The Morgan fingerprint density at radius 3 is 2.27 bits per heavy atom. The minimum Gasteiger partial charge on any atom is -0.378 e. The van der Waals surface area contributed by atoms with Gasteiger partial charge in [0.2, 0.25) is 10.0 Å². The van der Waals surface area contributed by atoms with Crippen molar-refractivity contribution in [3.8, 4) is 0 Å². The maximum Gasteiger partial charge on any atom is 0.254 e. The van der Waals surface area contributed by atoms with Gasteiger partial charge in [-0.25, -0.2) is 13.1 Å². The van der Waals surface area contributed by atoms with Gasteiger partial charge >= 0.3 is 0 Å². The number of hydrogen-bond donors (Lipinski definition) is 1. The van der Waals surface area contributed by atoms with Gasteiger partial charge in [0.1, 0.15) is 0 Å². The van der Waals surface area contributed by atoms with Crippen LogP contribution in [0.25, 0.3) is 0 Å². The molecule has 1 unspecified atom stereocenters. The summed E-state index contributed by atoms with van der Waals surface area (Å²) in [5.74, 6) is -0.108. The molecule has 2 aromatic carbocycles. The van der Waals surface area contributed by atoms with Crippen LogP contribution >= 0.6 is 0 Å². The summed E-state index contributed by atoms with van der Waals surface area (Å²) in [4.78, 5) is 14.3. The van der Waals surface area contributed by atoms with E-state index in [9.17, 15) is 13.2 Å². The number of amides is 1. The first-order valence-corrected chi connectivity index (χ1v) is 10.00. The molecule has 7 heteroatoms. The Bertz CT molecular complexity index is 845. The molecule has 1 N–H and O–H groups in total. The first-order chi connectivity index (χ1) is 12.5. The fraction of sp³-hybridized carbons (Fsp3) is 0.316. The lowest BCUT2D eigenvalue weighted by molar-refractivity contribution is 0.0303. The smallest absolute Gasteiger partial charge is 0.254 e. The number of morpholine rings is 1. The highest BCUT2D eigenvalue weighted by atomic mass is 32.2. The summed E-state index contributed by atoms with van der Waals surface area (Å²) in [6, 6.07) is 15.1. The lowest BCUT2D eigenvalue weighted by atomic mass is 10.1. The van der Waals surface area contributed by atoms with E-state index >= 15 is 0 Å². The lowest BCUT2D eigenvalue weighted by Gasteiger charge is -2.26. The molecule has 1 atom stereocenters. The Labute approximate surface area is 153 Å². The van der Waals surface area contributed by atoms with Crippen molar-refractivity contribution in [3.63, 3.8) is 0 Å². The molecule has 1 fully saturated rings. The largest absolute Gasteiger partial charge is 0.378 e. The van der Waals surface area contributed by atoms with Crippen molar-refractivity contribution in [1.82, 2.24) is 9.62 Å². The van der Waals surface area contributed by atoms with E-state index in [0.29, 0.717) is 31.9 Å². The first kappa shape index (κ1) is 18.6. The Kier molecular flexibility index (Phi) is 5.70. The van der Waals surface area contributed by atoms with Crippen molar-refractivity contribution < 1.29 is 17.9 Å². The highest BCUT2D eigenvalue weighted by Crippen LogP contribution is 2.18. The molecule has 0 radical (unpaired) electrons. The topological polar surface area (TPSA) is 75.7 Å². The monoisotopic (exact) mass is 374 g/mol. The predicted octanol–water partition coefficient (Wildman–Crippen LogP) is 2.20. The SMILES string of the molecule is CC(NS(=O)(=O)c1ccc(C(=O)N2CCOCC2)cc1)c1ccccc1. The van der Waals surface area contributed by atoms with Crippen molar-refractivity contribution >= 4 is 15.9 Å². The summed E-state index contributed by atoms with van der Waals surface area (Å²) >= 11 is 0. The number of carbonyl (C=O) groups excluding carboxylic acids is 1. The number of nitrogens with zero attached hydrogens (tertiary/aromatic N) is 1. The van der Waals surface area contributed by atoms with Gasteiger partial charge < -0.3 is 9.64 Å². The number of sulfonamides is 1. The van der Waals surface area contributed by atoms with E-state index in [1.165, 1.54) is 12.1 Å². The third-order valence-corrected chi connectivity index (χ3v) is 5.90. The van der Waals surface area contributed by atoms with Gasteiger partial charge in [-0.2, -0.15) is 0 Å². The van der Waals surface area contributed by atoms with Gasteiger partial charge in [0.05, 0.1) is 18.1 Å². The molecule has 1 amide bonds. The predicted molar refractivity (Wildman–Crippen MR) is 98.3 cm³/mol. The fourth-order valence-corrected chi connectivity index (χ4v) is 4.07. The second-order valence-electron chi connectivity index (χ2n) is 6.18. The second kappa shape index (κ2) is 7.99. The third-order valence-electron chi connectivity index (χ3n) is 4.34. The van der Waals surface area contributed by atoms with E-state index in [-0.39, 0.29) is 16.8 Å². The molecular weight excluding hydrogens is 352 g/mol. The molecule has 1 heterocycles. The van der Waals surface area contributed by atoms with Gasteiger partial charge in [-0.3, -0.25) is 4.79 Å². The molecule has 1 saturated heterocycles. The number of ether oxygens (including phenoxy) is 1. The highest BCUT2D eigenvalue weighted by Gasteiger charge is 2.21. The number of benzene rings is 2. The molecule has 6 nitrogen and oxygen atoms in total. The van der Waals surface area contributed by atoms with Crippen LogP contribution in [0.5, 0.6) is 0 Å². The van der Waals surface area contributed by atoms with E-state index in [2.05, 4.69) is 4.72 Å². The van der Waals surface area contributed by atoms with Crippen LogP contribution in [0.2, 0.25) is 0 Å². The average Bonchev–Trinajstić information content (AvgIpc) is 2.68. The number of nitrogens with one attached hydrogen (secondary N) is 1. The Morgan fingerprint density at radius 1 is 1.04 bits per heavy atom. The van der Waals surface area contributed by atoms with E-state index in [1.54, 1.807) is 24.0 Å². The molecule has 1 aliphatic heterocycles. The Hall–Kier alpha value is -2.22. The zero-order valence-electron chi connectivity index (χ0n) is 14.6. The zero-order valence-corrected chi connectivity index (χ0v) is 15.4. The first-order valence-electron chi connectivity index (χ1n) is 8.52. The van der Waals surface area contributed by atoms with Crippen molar-refractivity contribution in [1.29, 1.82) is 0 Å². The molecule has 0 bridgehead atoms. The Balaban J connectivity index is 1.71. The van der Waals surface area contributed by atoms with Crippen LogP contribution in [0.4, 0.5) is 0 Å². The van der Waals surface area contributed by atoms with Gasteiger partial charge in [0.15, 0.2) is 0 Å². The number of hydrogen-bond acceptors (Lipinski definition) is 4. The van der Waals surface area contributed by atoms with Crippen LogP contribution < -0.4 is 4.72 Å². The Morgan fingerprint density at radius 2 is 1.65 bits per heavy atom. The maximum atomic E-state index is 12.6. The highest BCUT2D eigenvalue weighted by molar-refractivity contribution is 7.89. The summed E-state index contributed by atoms with van der Waals surface area (Å²) in [5, 5.41) is 0. The number of rotatable bonds is 5. The molecule has 0 spiro atoms. The summed E-state index contributed by atoms with van der Waals surface area (Å²) < 4.78 is 33.1. The molecule has 0 saturated carbocycles. The number of carbonyl (C=O) groups is 1. The van der Waals surface area contributed by atoms with E-state index in [4.69, 9.17) is 4.74 Å². The normalized spacial score (nSPS) is 16.3. The molecule has 0 aliphatic carbocycles. The van der Waals surface area contributed by atoms with Crippen molar-refractivity contribution in [2.45, 2.75) is 17.9 Å². The summed E-state index contributed by atoms with van der Waals surface area (Å²) in [5.41, 5.74) is 1.36. The zero-order chi connectivity index (χ0) is 18.6. The van der Waals surface area contributed by atoms with Gasteiger partial charge in [-0.1, -0.05) is 30.3 Å². The third kappa shape index (κ3) is 4.30. The van der Waals surface area contributed by atoms with Crippen LogP contribution in [-0.2, 0) is 14.8 Å².